The van der Waals surface area contributed by atoms with E-state index in [4.69, 9.17) is 4.74 Å². The third-order valence-electron chi connectivity index (χ3n) is 4.27. The molecule has 1 fully saturated rings. The Balaban J connectivity index is 1.78. The summed E-state index contributed by atoms with van der Waals surface area (Å²) in [7, 11) is 0. The number of aromatic nitrogens is 4. The second-order valence-corrected chi connectivity index (χ2v) is 5.78. The summed E-state index contributed by atoms with van der Waals surface area (Å²) in [6.45, 7) is -0.419. The molecule has 130 valence electrons. The van der Waals surface area contributed by atoms with Crippen molar-refractivity contribution in [2.45, 2.75) is 24.5 Å². The van der Waals surface area contributed by atoms with Crippen LogP contribution in [0.25, 0.3) is 22.4 Å². The summed E-state index contributed by atoms with van der Waals surface area (Å²) in [6, 6.07) is 5.82. The summed E-state index contributed by atoms with van der Waals surface area (Å²) in [5, 5.41) is 29.3. The third kappa shape index (κ3) is 2.57. The van der Waals surface area contributed by atoms with E-state index in [-0.39, 0.29) is 5.82 Å². The van der Waals surface area contributed by atoms with Crippen LogP contribution in [0.2, 0.25) is 0 Å². The second kappa shape index (κ2) is 6.12. The van der Waals surface area contributed by atoms with Crippen molar-refractivity contribution in [1.29, 1.82) is 0 Å². The Morgan fingerprint density at radius 2 is 1.84 bits per heavy atom. The fourth-order valence-electron chi connectivity index (χ4n) is 2.97. The lowest BCUT2D eigenvalue weighted by atomic mass is 10.1. The van der Waals surface area contributed by atoms with E-state index in [0.29, 0.717) is 22.4 Å². The summed E-state index contributed by atoms with van der Waals surface area (Å²) in [5.41, 5.74) is 2.02. The van der Waals surface area contributed by atoms with Crippen LogP contribution in [-0.2, 0) is 4.74 Å². The smallest absolute Gasteiger partial charge is 0.166 e. The summed E-state index contributed by atoms with van der Waals surface area (Å²) in [5.74, 6) is -0.355. The molecule has 9 heteroatoms. The molecule has 25 heavy (non-hydrogen) atoms. The number of benzene rings is 1. The Hall–Kier alpha value is -2.46. The van der Waals surface area contributed by atoms with Crippen molar-refractivity contribution in [1.82, 2.24) is 19.5 Å². The molecule has 4 atom stereocenters. The van der Waals surface area contributed by atoms with Crippen molar-refractivity contribution < 1.29 is 24.4 Å². The van der Waals surface area contributed by atoms with Crippen molar-refractivity contribution in [2.24, 2.45) is 0 Å². The van der Waals surface area contributed by atoms with Crippen LogP contribution in [0.4, 0.5) is 4.39 Å². The van der Waals surface area contributed by atoms with E-state index in [0.717, 1.165) is 0 Å². The number of hydrogen-bond acceptors (Lipinski definition) is 7. The molecule has 0 bridgehead atoms. The van der Waals surface area contributed by atoms with E-state index in [1.807, 2.05) is 0 Å². The Morgan fingerprint density at radius 1 is 1.08 bits per heavy atom. The molecule has 1 saturated heterocycles. The summed E-state index contributed by atoms with van der Waals surface area (Å²) < 4.78 is 20.1. The van der Waals surface area contributed by atoms with E-state index >= 15 is 0 Å². The van der Waals surface area contributed by atoms with Crippen molar-refractivity contribution >= 4 is 11.2 Å². The van der Waals surface area contributed by atoms with Gasteiger partial charge in [0, 0.05) is 5.56 Å². The van der Waals surface area contributed by atoms with Gasteiger partial charge >= 0.3 is 0 Å². The Labute approximate surface area is 141 Å². The zero-order chi connectivity index (χ0) is 17.6. The van der Waals surface area contributed by atoms with Gasteiger partial charge in [0.2, 0.25) is 0 Å². The number of halogens is 1. The van der Waals surface area contributed by atoms with Gasteiger partial charge in [0.25, 0.3) is 0 Å². The second-order valence-electron chi connectivity index (χ2n) is 5.78. The Morgan fingerprint density at radius 3 is 2.52 bits per heavy atom. The number of ether oxygens (including phenoxy) is 1. The maximum Gasteiger partial charge on any atom is 0.166 e. The van der Waals surface area contributed by atoms with E-state index in [1.54, 1.807) is 12.1 Å². The number of hydrogen-bond donors (Lipinski definition) is 3. The predicted octanol–water partition coefficient (Wildman–Crippen LogP) is 0.244. The monoisotopic (exact) mass is 346 g/mol. The van der Waals surface area contributed by atoms with Crippen molar-refractivity contribution in [3.8, 4) is 11.3 Å². The maximum atomic E-state index is 13.1. The Kier molecular flexibility index (Phi) is 3.92. The molecule has 0 unspecified atom stereocenters. The number of aliphatic hydroxyl groups is 3. The first-order valence-corrected chi connectivity index (χ1v) is 7.66. The van der Waals surface area contributed by atoms with Crippen LogP contribution < -0.4 is 0 Å². The standard InChI is InChI=1S/C16H15FN4O4/c17-9-3-1-8(2-4-9)11-12-15(19-6-18-11)21(7-20-12)16-14(24)13(23)10(5-22)25-16/h1-4,6-7,10,13-14,16,22-24H,5H2/t10-,13-,14-,16-/m1/s1. The zero-order valence-electron chi connectivity index (χ0n) is 12.9. The molecule has 0 amide bonds. The molecule has 0 saturated carbocycles. The largest absolute Gasteiger partial charge is 0.394 e. The van der Waals surface area contributed by atoms with Crippen LogP contribution in [0.1, 0.15) is 6.23 Å². The maximum absolute atomic E-state index is 13.1. The van der Waals surface area contributed by atoms with Crippen molar-refractivity contribution in [3.63, 3.8) is 0 Å². The van der Waals surface area contributed by atoms with Gasteiger partial charge in [-0.1, -0.05) is 0 Å². The lowest BCUT2D eigenvalue weighted by Crippen LogP contribution is -2.33. The summed E-state index contributed by atoms with van der Waals surface area (Å²) in [4.78, 5) is 12.7. The highest BCUT2D eigenvalue weighted by molar-refractivity contribution is 5.87. The van der Waals surface area contributed by atoms with Gasteiger partial charge in [-0.05, 0) is 24.3 Å². The van der Waals surface area contributed by atoms with E-state index < -0.39 is 31.1 Å². The molecule has 1 aromatic carbocycles. The predicted molar refractivity (Wildman–Crippen MR) is 83.7 cm³/mol. The topological polar surface area (TPSA) is 114 Å². The zero-order valence-corrected chi connectivity index (χ0v) is 12.9. The van der Waals surface area contributed by atoms with E-state index in [9.17, 15) is 19.7 Å². The minimum absolute atomic E-state index is 0.355. The van der Waals surface area contributed by atoms with E-state index in [2.05, 4.69) is 15.0 Å². The van der Waals surface area contributed by atoms with Gasteiger partial charge in [-0.25, -0.2) is 19.3 Å². The van der Waals surface area contributed by atoms with Crippen LogP contribution in [-0.4, -0.2) is 59.8 Å². The molecule has 3 aromatic rings. The molecule has 8 nitrogen and oxygen atoms in total. The van der Waals surface area contributed by atoms with Crippen molar-refractivity contribution in [2.75, 3.05) is 6.61 Å². The molecular formula is C16H15FN4O4. The number of nitrogens with zero attached hydrogens (tertiary/aromatic N) is 4. The van der Waals surface area contributed by atoms with Gasteiger partial charge in [-0.3, -0.25) is 4.57 Å². The Bertz CT molecular complexity index is 901. The lowest BCUT2D eigenvalue weighted by Gasteiger charge is -2.16. The summed E-state index contributed by atoms with van der Waals surface area (Å²) >= 11 is 0. The van der Waals surface area contributed by atoms with Gasteiger partial charge in [0.05, 0.1) is 12.9 Å². The molecular weight excluding hydrogens is 331 g/mol. The highest BCUT2D eigenvalue weighted by Crippen LogP contribution is 2.32. The van der Waals surface area contributed by atoms with E-state index in [1.165, 1.54) is 29.4 Å². The average molecular weight is 346 g/mol. The average Bonchev–Trinajstić information content (AvgIpc) is 3.17. The molecule has 0 spiro atoms. The number of fused-ring (bicyclic) bond motifs is 1. The minimum Gasteiger partial charge on any atom is -0.394 e. The highest BCUT2D eigenvalue weighted by atomic mass is 19.1. The first-order chi connectivity index (χ1) is 12.1. The van der Waals surface area contributed by atoms with Crippen LogP contribution >= 0.6 is 0 Å². The minimum atomic E-state index is -1.24. The van der Waals surface area contributed by atoms with Gasteiger partial charge in [-0.2, -0.15) is 0 Å². The SMILES string of the molecule is OC[C@H]1O[C@@H](n2cnc3c(-c4ccc(F)cc4)ncnc32)[C@H](O)[C@@H]1O. The molecule has 1 aliphatic heterocycles. The fraction of sp³-hybridized carbons (Fsp3) is 0.312. The molecule has 1 aliphatic rings. The van der Waals surface area contributed by atoms with Gasteiger partial charge in [-0.15, -0.1) is 0 Å². The first-order valence-electron chi connectivity index (χ1n) is 7.66. The van der Waals surface area contributed by atoms with Crippen LogP contribution in [0, 0.1) is 5.82 Å². The molecule has 3 heterocycles. The van der Waals surface area contributed by atoms with Crippen LogP contribution in [0.3, 0.4) is 0 Å². The molecule has 4 rings (SSSR count). The fourth-order valence-corrected chi connectivity index (χ4v) is 2.97. The lowest BCUT2D eigenvalue weighted by molar-refractivity contribution is -0.0511. The number of aliphatic hydroxyl groups excluding tert-OH is 3. The number of rotatable bonds is 3. The van der Waals surface area contributed by atoms with Gasteiger partial charge < -0.3 is 20.1 Å². The molecule has 3 N–H and O–H groups in total. The van der Waals surface area contributed by atoms with Crippen LogP contribution in [0.15, 0.2) is 36.9 Å². The quantitative estimate of drug-likeness (QED) is 0.623. The first kappa shape index (κ1) is 16.0. The van der Waals surface area contributed by atoms with Gasteiger partial charge in [0.15, 0.2) is 11.9 Å². The molecule has 2 aromatic heterocycles. The normalized spacial score (nSPS) is 26.4. The van der Waals surface area contributed by atoms with Crippen LogP contribution in [0.5, 0.6) is 0 Å². The number of imidazole rings is 1. The molecule has 0 aliphatic carbocycles. The van der Waals surface area contributed by atoms with Crippen molar-refractivity contribution in [3.05, 3.63) is 42.7 Å². The third-order valence-corrected chi connectivity index (χ3v) is 4.27. The molecule has 0 radical (unpaired) electrons. The highest BCUT2D eigenvalue weighted by Gasteiger charge is 2.44. The summed E-state index contributed by atoms with van der Waals surface area (Å²) in [6.07, 6.45) is -1.53. The van der Waals surface area contributed by atoms with Gasteiger partial charge in [0.1, 0.15) is 41.7 Å².